The van der Waals surface area contributed by atoms with E-state index in [1.54, 1.807) is 26.4 Å². The predicted molar refractivity (Wildman–Crippen MR) is 99.4 cm³/mol. The number of rotatable bonds is 8. The molecule has 25 heavy (non-hydrogen) atoms. The fraction of sp³-hybridized carbons (Fsp3) is 0.278. The molecule has 0 aliphatic carbocycles. The second kappa shape index (κ2) is 9.29. The summed E-state index contributed by atoms with van der Waals surface area (Å²) in [5, 5.41) is 4.83. The minimum Gasteiger partial charge on any atom is -0.495 e. The van der Waals surface area contributed by atoms with Gasteiger partial charge in [-0.3, -0.25) is 4.79 Å². The first kappa shape index (κ1) is 19.1. The number of benzene rings is 2. The third-order valence-corrected chi connectivity index (χ3v) is 4.05. The number of quaternary nitrogens is 1. The highest BCUT2D eigenvalue weighted by atomic mass is 79.9. The second-order valence-corrected chi connectivity index (χ2v) is 6.11. The summed E-state index contributed by atoms with van der Waals surface area (Å²) < 4.78 is 17.0. The molecule has 0 unspecified atom stereocenters. The fourth-order valence-corrected chi connectivity index (χ4v) is 2.94. The Kier molecular flexibility index (Phi) is 7.09. The van der Waals surface area contributed by atoms with Crippen LogP contribution >= 0.6 is 15.9 Å². The van der Waals surface area contributed by atoms with E-state index < -0.39 is 0 Å². The van der Waals surface area contributed by atoms with Crippen molar-refractivity contribution in [3.8, 4) is 17.2 Å². The Morgan fingerprint density at radius 1 is 1.16 bits per heavy atom. The number of carbonyl (C=O) groups excluding carboxylic acids is 1. The lowest BCUT2D eigenvalue weighted by atomic mass is 10.2. The maximum atomic E-state index is 12.2. The number of anilines is 1. The molecule has 0 heterocycles. The molecule has 0 aliphatic rings. The first-order chi connectivity index (χ1) is 12.1. The van der Waals surface area contributed by atoms with E-state index in [-0.39, 0.29) is 12.5 Å². The SMILES string of the molecule is C[NH2+]Cc1cc(Br)c(OCC(=O)Nc2ccccc2OC)c(OC)c1. The number of methoxy groups -OCH3 is 2. The zero-order valence-corrected chi connectivity index (χ0v) is 16.1. The number of halogens is 1. The van der Waals surface area contributed by atoms with Gasteiger partial charge in [0, 0.05) is 5.56 Å². The van der Waals surface area contributed by atoms with Crippen LogP contribution in [0.2, 0.25) is 0 Å². The Morgan fingerprint density at radius 3 is 2.56 bits per heavy atom. The minimum atomic E-state index is -0.288. The molecule has 2 aromatic rings. The molecule has 6 nitrogen and oxygen atoms in total. The van der Waals surface area contributed by atoms with Gasteiger partial charge in [-0.25, -0.2) is 0 Å². The molecule has 2 aromatic carbocycles. The van der Waals surface area contributed by atoms with E-state index in [4.69, 9.17) is 14.2 Å². The highest BCUT2D eigenvalue weighted by Gasteiger charge is 2.14. The van der Waals surface area contributed by atoms with Gasteiger partial charge in [-0.15, -0.1) is 0 Å². The van der Waals surface area contributed by atoms with Gasteiger partial charge < -0.3 is 24.8 Å². The summed E-state index contributed by atoms with van der Waals surface area (Å²) in [6.07, 6.45) is 0. The highest BCUT2D eigenvalue weighted by Crippen LogP contribution is 2.36. The van der Waals surface area contributed by atoms with Crippen molar-refractivity contribution in [1.29, 1.82) is 0 Å². The van der Waals surface area contributed by atoms with Gasteiger partial charge in [0.05, 0.1) is 31.4 Å². The number of ether oxygens (including phenoxy) is 3. The summed E-state index contributed by atoms with van der Waals surface area (Å²) in [5.41, 5.74) is 1.69. The van der Waals surface area contributed by atoms with Crippen molar-refractivity contribution < 1.29 is 24.3 Å². The molecular formula is C18H22BrN2O4+. The van der Waals surface area contributed by atoms with Crippen molar-refractivity contribution in [1.82, 2.24) is 0 Å². The molecule has 0 aromatic heterocycles. The van der Waals surface area contributed by atoms with Crippen LogP contribution in [0, 0.1) is 0 Å². The molecule has 0 aliphatic heterocycles. The van der Waals surface area contributed by atoms with Crippen LogP contribution in [0.4, 0.5) is 5.69 Å². The summed E-state index contributed by atoms with van der Waals surface area (Å²) in [6, 6.07) is 11.1. The van der Waals surface area contributed by atoms with Crippen molar-refractivity contribution in [3.05, 3.63) is 46.4 Å². The second-order valence-electron chi connectivity index (χ2n) is 5.26. The van der Waals surface area contributed by atoms with Gasteiger partial charge in [-0.2, -0.15) is 0 Å². The highest BCUT2D eigenvalue weighted by molar-refractivity contribution is 9.10. The summed E-state index contributed by atoms with van der Waals surface area (Å²) >= 11 is 3.48. The summed E-state index contributed by atoms with van der Waals surface area (Å²) in [7, 11) is 5.12. The Labute approximate surface area is 155 Å². The third kappa shape index (κ3) is 5.11. The number of para-hydroxylation sites is 2. The van der Waals surface area contributed by atoms with Crippen LogP contribution in [0.5, 0.6) is 17.2 Å². The van der Waals surface area contributed by atoms with Crippen LogP contribution in [-0.4, -0.2) is 33.8 Å². The standard InChI is InChI=1S/C18H21BrN2O4/c1-20-10-12-8-13(19)18(16(9-12)24-3)25-11-17(22)21-14-6-4-5-7-15(14)23-2/h4-9,20H,10-11H2,1-3H3,(H,21,22)/p+1. The average Bonchev–Trinajstić information content (AvgIpc) is 2.61. The molecule has 0 fully saturated rings. The van der Waals surface area contributed by atoms with Crippen LogP contribution in [0.25, 0.3) is 0 Å². The third-order valence-electron chi connectivity index (χ3n) is 3.46. The monoisotopic (exact) mass is 409 g/mol. The van der Waals surface area contributed by atoms with Gasteiger partial charge in [0.1, 0.15) is 12.3 Å². The fourth-order valence-electron chi connectivity index (χ4n) is 2.34. The molecule has 3 N–H and O–H groups in total. The number of hydrogen-bond donors (Lipinski definition) is 2. The van der Waals surface area contributed by atoms with Crippen molar-refractivity contribution in [3.63, 3.8) is 0 Å². The van der Waals surface area contributed by atoms with Crippen molar-refractivity contribution in [2.45, 2.75) is 6.54 Å². The van der Waals surface area contributed by atoms with Gasteiger partial charge in [-0.05, 0) is 40.2 Å². The van der Waals surface area contributed by atoms with Crippen LogP contribution in [0.15, 0.2) is 40.9 Å². The lowest BCUT2D eigenvalue weighted by molar-refractivity contribution is -0.643. The maximum Gasteiger partial charge on any atom is 0.262 e. The Bertz CT molecular complexity index is 737. The van der Waals surface area contributed by atoms with E-state index in [1.807, 2.05) is 31.3 Å². The number of carbonyl (C=O) groups is 1. The van der Waals surface area contributed by atoms with Gasteiger partial charge >= 0.3 is 0 Å². The molecule has 134 valence electrons. The van der Waals surface area contributed by atoms with Crippen molar-refractivity contribution >= 4 is 27.5 Å². The number of amides is 1. The molecule has 0 bridgehead atoms. The lowest BCUT2D eigenvalue weighted by Crippen LogP contribution is -2.77. The lowest BCUT2D eigenvalue weighted by Gasteiger charge is -2.14. The quantitative estimate of drug-likeness (QED) is 0.700. The predicted octanol–water partition coefficient (Wildman–Crippen LogP) is 2.18. The Hall–Kier alpha value is -2.25. The first-order valence-electron chi connectivity index (χ1n) is 7.79. The molecule has 0 spiro atoms. The van der Waals surface area contributed by atoms with Crippen LogP contribution in [0.1, 0.15) is 5.56 Å². The summed E-state index contributed by atoms with van der Waals surface area (Å²) in [5.74, 6) is 1.38. The van der Waals surface area contributed by atoms with Gasteiger partial charge in [-0.1, -0.05) is 12.1 Å². The van der Waals surface area contributed by atoms with E-state index in [9.17, 15) is 4.79 Å². The molecule has 1 amide bonds. The Balaban J connectivity index is 2.06. The Morgan fingerprint density at radius 2 is 1.88 bits per heavy atom. The zero-order valence-electron chi connectivity index (χ0n) is 14.5. The van der Waals surface area contributed by atoms with Gasteiger partial charge in [0.2, 0.25) is 0 Å². The zero-order chi connectivity index (χ0) is 18.2. The van der Waals surface area contributed by atoms with E-state index in [0.717, 1.165) is 16.6 Å². The van der Waals surface area contributed by atoms with Crippen molar-refractivity contribution in [2.24, 2.45) is 0 Å². The molecule has 0 atom stereocenters. The van der Waals surface area contributed by atoms with Crippen LogP contribution in [0.3, 0.4) is 0 Å². The van der Waals surface area contributed by atoms with Crippen molar-refractivity contribution in [2.75, 3.05) is 33.2 Å². The van der Waals surface area contributed by atoms with Gasteiger partial charge in [0.25, 0.3) is 5.91 Å². The van der Waals surface area contributed by atoms with E-state index in [0.29, 0.717) is 22.9 Å². The van der Waals surface area contributed by atoms with Crippen LogP contribution < -0.4 is 24.8 Å². The molecule has 0 saturated heterocycles. The molecule has 0 radical (unpaired) electrons. The molecular weight excluding hydrogens is 388 g/mol. The smallest absolute Gasteiger partial charge is 0.262 e. The van der Waals surface area contributed by atoms with Gasteiger partial charge in [0.15, 0.2) is 18.1 Å². The van der Waals surface area contributed by atoms with Crippen LogP contribution in [-0.2, 0) is 11.3 Å². The maximum absolute atomic E-state index is 12.2. The summed E-state index contributed by atoms with van der Waals surface area (Å²) in [6.45, 7) is 0.676. The normalized spacial score (nSPS) is 10.2. The summed E-state index contributed by atoms with van der Waals surface area (Å²) in [4.78, 5) is 12.2. The first-order valence-corrected chi connectivity index (χ1v) is 8.58. The van der Waals surface area contributed by atoms with E-state index in [2.05, 4.69) is 26.6 Å². The topological polar surface area (TPSA) is 73.4 Å². The number of hydrogen-bond acceptors (Lipinski definition) is 4. The number of nitrogens with one attached hydrogen (secondary N) is 1. The van der Waals surface area contributed by atoms with E-state index >= 15 is 0 Å². The number of nitrogens with two attached hydrogens (primary N) is 1. The molecule has 2 rings (SSSR count). The molecule has 0 saturated carbocycles. The average molecular weight is 410 g/mol. The largest absolute Gasteiger partial charge is 0.495 e. The molecule has 7 heteroatoms. The minimum absolute atomic E-state index is 0.147. The van der Waals surface area contributed by atoms with E-state index in [1.165, 1.54) is 0 Å².